The molecule has 1 fully saturated rings. The van der Waals surface area contributed by atoms with Crippen LogP contribution in [-0.4, -0.2) is 12.0 Å². The molecule has 1 aliphatic carbocycles. The molecule has 0 unspecified atom stereocenters. The van der Waals surface area contributed by atoms with E-state index in [2.05, 4.69) is 26.2 Å². The van der Waals surface area contributed by atoms with Gasteiger partial charge in [0.2, 0.25) is 0 Å². The van der Waals surface area contributed by atoms with Crippen molar-refractivity contribution >= 4 is 45.9 Å². The Kier molecular flexibility index (Phi) is 7.06. The highest BCUT2D eigenvalue weighted by atomic mass is 127. The molecular formula is C13H18BrFIN3. The SMILES string of the molecule is I.NC(=NCc1ccc(Br)c(F)c1)NC1CCCC1. The molecule has 0 heterocycles. The Hall–Kier alpha value is -0.370. The molecule has 1 aromatic rings. The average molecular weight is 442 g/mol. The maximum absolute atomic E-state index is 13.3. The highest BCUT2D eigenvalue weighted by Crippen LogP contribution is 2.18. The van der Waals surface area contributed by atoms with Crippen molar-refractivity contribution in [1.29, 1.82) is 0 Å². The third kappa shape index (κ3) is 5.25. The predicted molar refractivity (Wildman–Crippen MR) is 90.2 cm³/mol. The molecule has 0 aromatic heterocycles. The molecule has 106 valence electrons. The predicted octanol–water partition coefficient (Wildman–Crippen LogP) is 3.55. The lowest BCUT2D eigenvalue weighted by Crippen LogP contribution is -2.38. The van der Waals surface area contributed by atoms with Gasteiger partial charge in [-0.3, -0.25) is 0 Å². The van der Waals surface area contributed by atoms with E-state index in [0.717, 1.165) is 18.4 Å². The highest BCUT2D eigenvalue weighted by Gasteiger charge is 2.14. The second kappa shape index (κ2) is 8.04. The van der Waals surface area contributed by atoms with Crippen LogP contribution in [0.3, 0.4) is 0 Å². The molecule has 6 heteroatoms. The first-order valence-corrected chi connectivity index (χ1v) is 6.95. The number of hydrogen-bond acceptors (Lipinski definition) is 1. The average Bonchev–Trinajstić information content (AvgIpc) is 2.83. The van der Waals surface area contributed by atoms with E-state index in [1.807, 2.05) is 6.07 Å². The van der Waals surface area contributed by atoms with Crippen LogP contribution in [0.2, 0.25) is 0 Å². The lowest BCUT2D eigenvalue weighted by atomic mass is 10.2. The third-order valence-electron chi connectivity index (χ3n) is 3.12. The normalized spacial score (nSPS) is 16.2. The summed E-state index contributed by atoms with van der Waals surface area (Å²) in [4.78, 5) is 4.23. The van der Waals surface area contributed by atoms with E-state index < -0.39 is 0 Å². The van der Waals surface area contributed by atoms with Gasteiger partial charge >= 0.3 is 0 Å². The van der Waals surface area contributed by atoms with Crippen molar-refractivity contribution in [3.63, 3.8) is 0 Å². The van der Waals surface area contributed by atoms with Crippen LogP contribution in [0.15, 0.2) is 27.7 Å². The van der Waals surface area contributed by atoms with Crippen LogP contribution in [-0.2, 0) is 6.54 Å². The van der Waals surface area contributed by atoms with Crippen molar-refractivity contribution in [3.8, 4) is 0 Å². The van der Waals surface area contributed by atoms with Gasteiger partial charge in [0, 0.05) is 6.04 Å². The fourth-order valence-electron chi connectivity index (χ4n) is 2.14. The van der Waals surface area contributed by atoms with Crippen molar-refractivity contribution in [3.05, 3.63) is 34.1 Å². The maximum atomic E-state index is 13.3. The first-order valence-electron chi connectivity index (χ1n) is 6.15. The van der Waals surface area contributed by atoms with Gasteiger partial charge in [0.15, 0.2) is 5.96 Å². The minimum absolute atomic E-state index is 0. The second-order valence-electron chi connectivity index (χ2n) is 4.58. The quantitative estimate of drug-likeness (QED) is 0.428. The summed E-state index contributed by atoms with van der Waals surface area (Å²) < 4.78 is 13.8. The highest BCUT2D eigenvalue weighted by molar-refractivity contribution is 14.0. The van der Waals surface area contributed by atoms with Crippen LogP contribution in [0.1, 0.15) is 31.2 Å². The summed E-state index contributed by atoms with van der Waals surface area (Å²) in [6.07, 6.45) is 4.82. The molecule has 3 N–H and O–H groups in total. The summed E-state index contributed by atoms with van der Waals surface area (Å²) in [5, 5.41) is 3.20. The van der Waals surface area contributed by atoms with Gasteiger partial charge in [-0.25, -0.2) is 9.38 Å². The Morgan fingerprint density at radius 3 is 2.74 bits per heavy atom. The molecule has 0 radical (unpaired) electrons. The first-order chi connectivity index (χ1) is 8.65. The van der Waals surface area contributed by atoms with Gasteiger partial charge in [0.1, 0.15) is 5.82 Å². The van der Waals surface area contributed by atoms with E-state index >= 15 is 0 Å². The number of nitrogens with zero attached hydrogens (tertiary/aromatic N) is 1. The molecule has 1 aliphatic rings. The monoisotopic (exact) mass is 441 g/mol. The number of nitrogens with two attached hydrogens (primary N) is 1. The number of rotatable bonds is 3. The number of hydrogen-bond donors (Lipinski definition) is 2. The molecule has 0 spiro atoms. The largest absolute Gasteiger partial charge is 0.370 e. The van der Waals surface area contributed by atoms with Gasteiger partial charge in [-0.2, -0.15) is 0 Å². The van der Waals surface area contributed by atoms with Gasteiger partial charge in [-0.15, -0.1) is 24.0 Å². The van der Waals surface area contributed by atoms with E-state index in [4.69, 9.17) is 5.73 Å². The van der Waals surface area contributed by atoms with Crippen molar-refractivity contribution in [2.24, 2.45) is 10.7 Å². The molecule has 0 bridgehead atoms. The molecule has 3 nitrogen and oxygen atoms in total. The molecule has 2 rings (SSSR count). The zero-order chi connectivity index (χ0) is 13.0. The molecule has 0 atom stereocenters. The molecule has 0 saturated heterocycles. The van der Waals surface area contributed by atoms with Crippen LogP contribution in [0.5, 0.6) is 0 Å². The van der Waals surface area contributed by atoms with Crippen LogP contribution in [0.4, 0.5) is 4.39 Å². The standard InChI is InChI=1S/C13H17BrFN3.HI/c14-11-6-5-9(7-12(11)15)8-17-13(16)18-10-3-1-2-4-10;/h5-7,10H,1-4,8H2,(H3,16,17,18);1H. The number of guanidine groups is 1. The lowest BCUT2D eigenvalue weighted by Gasteiger charge is -2.12. The summed E-state index contributed by atoms with van der Waals surface area (Å²) in [6, 6.07) is 5.44. The zero-order valence-corrected chi connectivity index (χ0v) is 14.5. The minimum Gasteiger partial charge on any atom is -0.370 e. The molecule has 19 heavy (non-hydrogen) atoms. The Morgan fingerprint density at radius 1 is 1.42 bits per heavy atom. The fourth-order valence-corrected chi connectivity index (χ4v) is 2.39. The molecular weight excluding hydrogens is 424 g/mol. The maximum Gasteiger partial charge on any atom is 0.189 e. The van der Waals surface area contributed by atoms with Gasteiger partial charge in [-0.1, -0.05) is 18.9 Å². The number of benzene rings is 1. The Balaban J connectivity index is 0.00000180. The van der Waals surface area contributed by atoms with E-state index in [1.165, 1.54) is 18.9 Å². The van der Waals surface area contributed by atoms with Crippen LogP contribution >= 0.6 is 39.9 Å². The van der Waals surface area contributed by atoms with Gasteiger partial charge in [0.05, 0.1) is 11.0 Å². The minimum atomic E-state index is -0.273. The van der Waals surface area contributed by atoms with Crippen molar-refractivity contribution in [2.75, 3.05) is 0 Å². The fraction of sp³-hybridized carbons (Fsp3) is 0.462. The molecule has 1 saturated carbocycles. The third-order valence-corrected chi connectivity index (χ3v) is 3.77. The smallest absolute Gasteiger partial charge is 0.189 e. The summed E-state index contributed by atoms with van der Waals surface area (Å²) in [5.74, 6) is 0.176. The summed E-state index contributed by atoms with van der Waals surface area (Å²) in [7, 11) is 0. The van der Waals surface area contributed by atoms with Gasteiger partial charge < -0.3 is 11.1 Å². The summed E-state index contributed by atoms with van der Waals surface area (Å²) in [5.41, 5.74) is 6.62. The van der Waals surface area contributed by atoms with Gasteiger partial charge in [-0.05, 0) is 46.5 Å². The zero-order valence-electron chi connectivity index (χ0n) is 10.5. The Labute approximate surface area is 138 Å². The van der Waals surface area contributed by atoms with E-state index in [9.17, 15) is 4.39 Å². The summed E-state index contributed by atoms with van der Waals surface area (Å²) in [6.45, 7) is 0.399. The van der Waals surface area contributed by atoms with Crippen LogP contribution in [0, 0.1) is 5.82 Å². The van der Waals surface area contributed by atoms with Gasteiger partial charge in [0.25, 0.3) is 0 Å². The van der Waals surface area contributed by atoms with Crippen LogP contribution < -0.4 is 11.1 Å². The first kappa shape index (κ1) is 16.7. The number of aliphatic imine (C=N–C) groups is 1. The number of nitrogens with one attached hydrogen (secondary N) is 1. The second-order valence-corrected chi connectivity index (χ2v) is 5.43. The number of halogens is 3. The molecule has 0 amide bonds. The van der Waals surface area contributed by atoms with E-state index in [0.29, 0.717) is 23.0 Å². The van der Waals surface area contributed by atoms with Crippen molar-refractivity contribution in [1.82, 2.24) is 5.32 Å². The van der Waals surface area contributed by atoms with Crippen LogP contribution in [0.25, 0.3) is 0 Å². The summed E-state index contributed by atoms with van der Waals surface area (Å²) >= 11 is 3.12. The van der Waals surface area contributed by atoms with E-state index in [1.54, 1.807) is 6.07 Å². The van der Waals surface area contributed by atoms with Crippen molar-refractivity contribution < 1.29 is 4.39 Å². The Morgan fingerprint density at radius 2 is 2.11 bits per heavy atom. The topological polar surface area (TPSA) is 50.4 Å². The Bertz CT molecular complexity index is 448. The van der Waals surface area contributed by atoms with Crippen molar-refractivity contribution in [2.45, 2.75) is 38.3 Å². The molecule has 0 aliphatic heterocycles. The van der Waals surface area contributed by atoms with E-state index in [-0.39, 0.29) is 29.8 Å². The lowest BCUT2D eigenvalue weighted by molar-refractivity contribution is 0.617. The molecule has 1 aromatic carbocycles.